The topological polar surface area (TPSA) is 66.1 Å². The third kappa shape index (κ3) is 2.18. The summed E-state index contributed by atoms with van der Waals surface area (Å²) in [5, 5.41) is 11.9. The SMILES string of the molecule is CC(=O)OCc1nc2ccccc2[n+]([O-])c1C. The number of esters is 1. The molecule has 0 aliphatic rings. The molecule has 5 heteroatoms. The standard InChI is InChI=1S/C12H12N2O3/c1-8-11(7-17-9(2)15)13-10-5-3-4-6-12(10)14(8)16/h3-6H,7H2,1-2H3. The molecule has 1 aromatic heterocycles. The molecule has 88 valence electrons. The lowest BCUT2D eigenvalue weighted by Crippen LogP contribution is -2.33. The van der Waals surface area contributed by atoms with E-state index in [2.05, 4.69) is 4.98 Å². The second-order valence-electron chi connectivity index (χ2n) is 3.71. The van der Waals surface area contributed by atoms with Crippen LogP contribution in [0.5, 0.6) is 0 Å². The first kappa shape index (κ1) is 11.3. The fourth-order valence-corrected chi connectivity index (χ4v) is 1.56. The van der Waals surface area contributed by atoms with Crippen molar-refractivity contribution in [2.24, 2.45) is 0 Å². The van der Waals surface area contributed by atoms with E-state index in [0.29, 0.717) is 22.4 Å². The molecule has 1 aromatic carbocycles. The van der Waals surface area contributed by atoms with Crippen LogP contribution >= 0.6 is 0 Å². The smallest absolute Gasteiger partial charge is 0.303 e. The van der Waals surface area contributed by atoms with Crippen LogP contribution in [0.2, 0.25) is 0 Å². The highest BCUT2D eigenvalue weighted by atomic mass is 16.5. The molecular formula is C12H12N2O3. The second kappa shape index (κ2) is 4.37. The molecule has 2 rings (SSSR count). The summed E-state index contributed by atoms with van der Waals surface area (Å²) in [7, 11) is 0. The Kier molecular flexibility index (Phi) is 2.91. The highest BCUT2D eigenvalue weighted by Gasteiger charge is 2.15. The summed E-state index contributed by atoms with van der Waals surface area (Å²) in [6.07, 6.45) is 0. The van der Waals surface area contributed by atoms with Gasteiger partial charge in [0.25, 0.3) is 0 Å². The first-order valence-corrected chi connectivity index (χ1v) is 5.20. The Morgan fingerprint density at radius 1 is 1.47 bits per heavy atom. The van der Waals surface area contributed by atoms with Gasteiger partial charge in [-0.3, -0.25) is 4.79 Å². The number of carbonyl (C=O) groups excluding carboxylic acids is 1. The number of ether oxygens (including phenoxy) is 1. The van der Waals surface area contributed by atoms with Crippen LogP contribution < -0.4 is 4.73 Å². The molecule has 0 aliphatic carbocycles. The van der Waals surface area contributed by atoms with Gasteiger partial charge >= 0.3 is 5.97 Å². The van der Waals surface area contributed by atoms with E-state index < -0.39 is 5.97 Å². The van der Waals surface area contributed by atoms with Gasteiger partial charge in [0.05, 0.1) is 0 Å². The molecule has 5 nitrogen and oxygen atoms in total. The monoisotopic (exact) mass is 232 g/mol. The van der Waals surface area contributed by atoms with Gasteiger partial charge in [-0.2, -0.15) is 4.73 Å². The van der Waals surface area contributed by atoms with Gasteiger partial charge in [0.1, 0.15) is 17.8 Å². The van der Waals surface area contributed by atoms with Crippen LogP contribution in [0.1, 0.15) is 18.3 Å². The molecule has 1 heterocycles. The third-order valence-electron chi connectivity index (χ3n) is 2.49. The van der Waals surface area contributed by atoms with Crippen molar-refractivity contribution in [2.75, 3.05) is 0 Å². The predicted molar refractivity (Wildman–Crippen MR) is 60.9 cm³/mol. The van der Waals surface area contributed by atoms with Gasteiger partial charge in [-0.05, 0) is 6.07 Å². The number of hydrogen-bond donors (Lipinski definition) is 0. The molecular weight excluding hydrogens is 220 g/mol. The Bertz CT molecular complexity index is 581. The Morgan fingerprint density at radius 3 is 2.88 bits per heavy atom. The van der Waals surface area contributed by atoms with Crippen molar-refractivity contribution in [1.29, 1.82) is 0 Å². The van der Waals surface area contributed by atoms with Gasteiger partial charge in [-0.1, -0.05) is 12.1 Å². The molecule has 0 amide bonds. The van der Waals surface area contributed by atoms with E-state index in [4.69, 9.17) is 4.74 Å². The van der Waals surface area contributed by atoms with Crippen LogP contribution in [0.4, 0.5) is 0 Å². The van der Waals surface area contributed by atoms with Crippen molar-refractivity contribution in [3.63, 3.8) is 0 Å². The highest BCUT2D eigenvalue weighted by Crippen LogP contribution is 2.11. The third-order valence-corrected chi connectivity index (χ3v) is 2.49. The van der Waals surface area contributed by atoms with E-state index in [1.165, 1.54) is 6.92 Å². The summed E-state index contributed by atoms with van der Waals surface area (Å²) in [6, 6.07) is 7.04. The quantitative estimate of drug-likeness (QED) is 0.444. The lowest BCUT2D eigenvalue weighted by Gasteiger charge is -2.08. The molecule has 2 aromatic rings. The largest absolute Gasteiger partial charge is 0.618 e. The maximum absolute atomic E-state index is 11.9. The van der Waals surface area contributed by atoms with Gasteiger partial charge in [-0.25, -0.2) is 4.98 Å². The van der Waals surface area contributed by atoms with Gasteiger partial charge in [0.15, 0.2) is 0 Å². The Balaban J connectivity index is 2.50. The Hall–Kier alpha value is -2.17. The minimum Gasteiger partial charge on any atom is -0.618 e. The summed E-state index contributed by atoms with van der Waals surface area (Å²) in [6.45, 7) is 3.00. The first-order valence-electron chi connectivity index (χ1n) is 5.20. The number of para-hydroxylation sites is 2. The average molecular weight is 232 g/mol. The molecule has 0 unspecified atom stereocenters. The van der Waals surface area contributed by atoms with Crippen molar-refractivity contribution in [1.82, 2.24) is 4.98 Å². The maximum Gasteiger partial charge on any atom is 0.303 e. The number of nitrogens with zero attached hydrogens (tertiary/aromatic N) is 2. The molecule has 0 saturated carbocycles. The van der Waals surface area contributed by atoms with Gasteiger partial charge in [-0.15, -0.1) is 0 Å². The minimum atomic E-state index is -0.392. The first-order chi connectivity index (χ1) is 8.09. The predicted octanol–water partition coefficient (Wildman–Crippen LogP) is 1.24. The summed E-state index contributed by atoms with van der Waals surface area (Å²) >= 11 is 0. The molecule has 0 radical (unpaired) electrons. The van der Waals surface area contributed by atoms with Crippen LogP contribution in [0.3, 0.4) is 0 Å². The molecule has 0 aliphatic heterocycles. The number of benzene rings is 1. The van der Waals surface area contributed by atoms with Gasteiger partial charge in [0.2, 0.25) is 11.2 Å². The lowest BCUT2D eigenvalue weighted by molar-refractivity contribution is -0.585. The van der Waals surface area contributed by atoms with Crippen molar-refractivity contribution >= 4 is 17.0 Å². The number of rotatable bonds is 2. The Morgan fingerprint density at radius 2 is 2.18 bits per heavy atom. The fourth-order valence-electron chi connectivity index (χ4n) is 1.56. The summed E-state index contributed by atoms with van der Waals surface area (Å²) in [5.41, 5.74) is 2.03. The highest BCUT2D eigenvalue weighted by molar-refractivity contribution is 5.71. The van der Waals surface area contributed by atoms with Crippen molar-refractivity contribution in [2.45, 2.75) is 20.5 Å². The molecule has 0 N–H and O–H groups in total. The zero-order valence-electron chi connectivity index (χ0n) is 9.64. The number of hydrogen-bond acceptors (Lipinski definition) is 4. The molecule has 17 heavy (non-hydrogen) atoms. The number of carbonyl (C=O) groups is 1. The lowest BCUT2D eigenvalue weighted by atomic mass is 10.2. The van der Waals surface area contributed by atoms with Crippen molar-refractivity contribution in [3.05, 3.63) is 40.9 Å². The molecule has 0 fully saturated rings. The van der Waals surface area contributed by atoms with Crippen LogP contribution in [0.25, 0.3) is 11.0 Å². The van der Waals surface area contributed by atoms with Gasteiger partial charge < -0.3 is 9.94 Å². The minimum absolute atomic E-state index is 0.0221. The van der Waals surface area contributed by atoms with Crippen LogP contribution in [-0.2, 0) is 16.1 Å². The fraction of sp³-hybridized carbons (Fsp3) is 0.250. The van der Waals surface area contributed by atoms with E-state index in [9.17, 15) is 10.0 Å². The zero-order valence-corrected chi connectivity index (χ0v) is 9.64. The number of aromatic nitrogens is 2. The van der Waals surface area contributed by atoms with Crippen LogP contribution in [-0.4, -0.2) is 11.0 Å². The van der Waals surface area contributed by atoms with Crippen molar-refractivity contribution in [3.8, 4) is 0 Å². The van der Waals surface area contributed by atoms with E-state index in [0.717, 1.165) is 4.73 Å². The summed E-state index contributed by atoms with van der Waals surface area (Å²) in [5.74, 6) is -0.392. The number of fused-ring (bicyclic) bond motifs is 1. The normalized spacial score (nSPS) is 10.5. The molecule has 0 spiro atoms. The van der Waals surface area contributed by atoms with E-state index in [-0.39, 0.29) is 6.61 Å². The van der Waals surface area contributed by atoms with Gasteiger partial charge in [0, 0.05) is 19.9 Å². The van der Waals surface area contributed by atoms with E-state index in [1.807, 2.05) is 0 Å². The average Bonchev–Trinajstić information content (AvgIpc) is 2.32. The van der Waals surface area contributed by atoms with E-state index >= 15 is 0 Å². The van der Waals surface area contributed by atoms with E-state index in [1.54, 1.807) is 31.2 Å². The maximum atomic E-state index is 11.9. The summed E-state index contributed by atoms with van der Waals surface area (Å²) < 4.78 is 5.67. The second-order valence-corrected chi connectivity index (χ2v) is 3.71. The molecule has 0 bridgehead atoms. The molecule has 0 saturated heterocycles. The van der Waals surface area contributed by atoms with Crippen LogP contribution in [0.15, 0.2) is 24.3 Å². The van der Waals surface area contributed by atoms with Crippen LogP contribution in [0, 0.1) is 12.1 Å². The zero-order chi connectivity index (χ0) is 12.4. The van der Waals surface area contributed by atoms with Crippen molar-refractivity contribution < 1.29 is 14.3 Å². The Labute approximate surface area is 98.2 Å². The summed E-state index contributed by atoms with van der Waals surface area (Å²) in [4.78, 5) is 15.1. The molecule has 0 atom stereocenters.